The van der Waals surface area contributed by atoms with Crippen LogP contribution in [0.4, 0.5) is 10.6 Å². The molecule has 7 heteroatoms. The summed E-state index contributed by atoms with van der Waals surface area (Å²) in [7, 11) is 0. The number of pyridine rings is 1. The number of halogens is 1. The van der Waals surface area contributed by atoms with Crippen molar-refractivity contribution < 1.29 is 14.3 Å². The Morgan fingerprint density at radius 2 is 1.88 bits per heavy atom. The lowest BCUT2D eigenvalue weighted by molar-refractivity contribution is 0.0240. The van der Waals surface area contributed by atoms with Crippen LogP contribution < -0.4 is 4.90 Å². The van der Waals surface area contributed by atoms with Crippen LogP contribution >= 0.6 is 11.6 Å². The zero-order chi connectivity index (χ0) is 17.5. The van der Waals surface area contributed by atoms with E-state index in [1.165, 1.54) is 0 Å². The zero-order valence-electron chi connectivity index (χ0n) is 14.3. The van der Waals surface area contributed by atoms with Gasteiger partial charge in [-0.15, -0.1) is 0 Å². The summed E-state index contributed by atoms with van der Waals surface area (Å²) in [5.74, 6) is 0.834. The van der Waals surface area contributed by atoms with Crippen LogP contribution in [0.15, 0.2) is 6.07 Å². The molecule has 1 saturated heterocycles. The standard InChI is InChI=1S/C17H22ClN3O3/c1-17(2,3)24-16(23)21-8-6-20(7-9-21)14-10-12-11(15(18)19-14)4-5-13(12)22/h10H,4-9H2,1-3H3. The molecule has 1 aliphatic heterocycles. The van der Waals surface area contributed by atoms with Crippen LogP contribution in [0.5, 0.6) is 0 Å². The number of hydrogen-bond donors (Lipinski definition) is 0. The average molecular weight is 352 g/mol. The molecule has 1 aliphatic carbocycles. The number of hydrogen-bond acceptors (Lipinski definition) is 5. The summed E-state index contributed by atoms with van der Waals surface area (Å²) < 4.78 is 5.40. The molecule has 3 rings (SSSR count). The monoisotopic (exact) mass is 351 g/mol. The molecule has 2 aliphatic rings. The number of Topliss-reactive ketones (excluding diaryl/α,β-unsaturated/α-hetero) is 1. The van der Waals surface area contributed by atoms with Crippen molar-refractivity contribution in [3.05, 3.63) is 22.3 Å². The Balaban J connectivity index is 1.67. The van der Waals surface area contributed by atoms with Gasteiger partial charge in [-0.1, -0.05) is 11.6 Å². The number of carbonyl (C=O) groups is 2. The van der Waals surface area contributed by atoms with E-state index in [0.29, 0.717) is 55.6 Å². The van der Waals surface area contributed by atoms with E-state index in [2.05, 4.69) is 9.88 Å². The van der Waals surface area contributed by atoms with Crippen LogP contribution in [-0.4, -0.2) is 53.5 Å². The summed E-state index contributed by atoms with van der Waals surface area (Å²) in [6.45, 7) is 7.95. The first kappa shape index (κ1) is 17.0. The summed E-state index contributed by atoms with van der Waals surface area (Å²) in [5.41, 5.74) is 1.06. The minimum atomic E-state index is -0.496. The van der Waals surface area contributed by atoms with Gasteiger partial charge in [0.2, 0.25) is 0 Å². The van der Waals surface area contributed by atoms with Gasteiger partial charge in [0, 0.05) is 43.7 Å². The van der Waals surface area contributed by atoms with E-state index in [4.69, 9.17) is 16.3 Å². The molecule has 2 heterocycles. The highest BCUT2D eigenvalue weighted by atomic mass is 35.5. The number of anilines is 1. The van der Waals surface area contributed by atoms with E-state index in [1.807, 2.05) is 26.8 Å². The molecule has 24 heavy (non-hydrogen) atoms. The molecule has 1 aromatic heterocycles. The van der Waals surface area contributed by atoms with E-state index in [1.54, 1.807) is 4.90 Å². The molecule has 1 aromatic rings. The van der Waals surface area contributed by atoms with Crippen LogP contribution in [0.2, 0.25) is 5.15 Å². The van der Waals surface area contributed by atoms with Crippen molar-refractivity contribution in [1.82, 2.24) is 9.88 Å². The lowest BCUT2D eigenvalue weighted by Gasteiger charge is -2.36. The molecule has 0 radical (unpaired) electrons. The number of aromatic nitrogens is 1. The summed E-state index contributed by atoms with van der Waals surface area (Å²) in [6.07, 6.45) is 0.886. The van der Waals surface area contributed by atoms with Crippen molar-refractivity contribution >= 4 is 29.3 Å². The largest absolute Gasteiger partial charge is 0.444 e. The number of piperazine rings is 1. The Bertz CT molecular complexity index is 676. The minimum absolute atomic E-state index is 0.128. The second kappa shape index (κ2) is 6.24. The number of ether oxygens (including phenoxy) is 1. The van der Waals surface area contributed by atoms with E-state index in [-0.39, 0.29) is 11.9 Å². The van der Waals surface area contributed by atoms with Gasteiger partial charge in [0.1, 0.15) is 16.6 Å². The van der Waals surface area contributed by atoms with Gasteiger partial charge in [-0.25, -0.2) is 9.78 Å². The molecule has 130 valence electrons. The topological polar surface area (TPSA) is 62.7 Å². The second-order valence-electron chi connectivity index (χ2n) is 7.17. The molecule has 0 unspecified atom stereocenters. The molecule has 0 atom stereocenters. The summed E-state index contributed by atoms with van der Waals surface area (Å²) in [5, 5.41) is 0.419. The highest BCUT2D eigenvalue weighted by molar-refractivity contribution is 6.31. The van der Waals surface area contributed by atoms with Crippen molar-refractivity contribution in [1.29, 1.82) is 0 Å². The average Bonchev–Trinajstić information content (AvgIpc) is 2.88. The summed E-state index contributed by atoms with van der Waals surface area (Å²) in [4.78, 5) is 32.3. The highest BCUT2D eigenvalue weighted by Gasteiger charge is 2.29. The molecule has 0 bridgehead atoms. The molecule has 0 saturated carbocycles. The Hall–Kier alpha value is -1.82. The van der Waals surface area contributed by atoms with Crippen LogP contribution in [0.25, 0.3) is 0 Å². The number of amides is 1. The van der Waals surface area contributed by atoms with Gasteiger partial charge in [-0.2, -0.15) is 0 Å². The molecule has 6 nitrogen and oxygen atoms in total. The zero-order valence-corrected chi connectivity index (χ0v) is 15.0. The Morgan fingerprint density at radius 3 is 2.50 bits per heavy atom. The van der Waals surface area contributed by atoms with Crippen LogP contribution in [-0.2, 0) is 11.2 Å². The Labute approximate surface area is 146 Å². The molecule has 0 spiro atoms. The summed E-state index contributed by atoms with van der Waals surface area (Å²) >= 11 is 6.24. The second-order valence-corrected chi connectivity index (χ2v) is 7.53. The van der Waals surface area contributed by atoms with Crippen molar-refractivity contribution in [3.8, 4) is 0 Å². The minimum Gasteiger partial charge on any atom is -0.444 e. The van der Waals surface area contributed by atoms with Gasteiger partial charge in [-0.05, 0) is 33.3 Å². The van der Waals surface area contributed by atoms with E-state index in [0.717, 1.165) is 5.56 Å². The third-order valence-corrected chi connectivity index (χ3v) is 4.53. The van der Waals surface area contributed by atoms with Gasteiger partial charge in [0.15, 0.2) is 5.78 Å². The molecular weight excluding hydrogens is 330 g/mol. The molecule has 1 amide bonds. The number of rotatable bonds is 1. The van der Waals surface area contributed by atoms with Gasteiger partial charge < -0.3 is 14.5 Å². The highest BCUT2D eigenvalue weighted by Crippen LogP contribution is 2.31. The van der Waals surface area contributed by atoms with Crippen LogP contribution in [0, 0.1) is 0 Å². The fourth-order valence-corrected chi connectivity index (χ4v) is 3.28. The van der Waals surface area contributed by atoms with Gasteiger partial charge in [0.05, 0.1) is 0 Å². The SMILES string of the molecule is CC(C)(C)OC(=O)N1CCN(c2cc3c(c(Cl)n2)CCC3=O)CC1. The van der Waals surface area contributed by atoms with Crippen LogP contribution in [0.3, 0.4) is 0 Å². The van der Waals surface area contributed by atoms with Gasteiger partial charge in [-0.3, -0.25) is 4.79 Å². The van der Waals surface area contributed by atoms with Crippen LogP contribution in [0.1, 0.15) is 43.1 Å². The number of fused-ring (bicyclic) bond motifs is 1. The third-order valence-electron chi connectivity index (χ3n) is 4.22. The number of ketones is 1. The fourth-order valence-electron chi connectivity index (χ4n) is 2.99. The number of nitrogens with zero attached hydrogens (tertiary/aromatic N) is 3. The fraction of sp³-hybridized carbons (Fsp3) is 0.588. The Morgan fingerprint density at radius 1 is 1.21 bits per heavy atom. The smallest absolute Gasteiger partial charge is 0.410 e. The predicted molar refractivity (Wildman–Crippen MR) is 91.9 cm³/mol. The van der Waals surface area contributed by atoms with E-state index in [9.17, 15) is 9.59 Å². The first-order valence-electron chi connectivity index (χ1n) is 8.20. The maximum atomic E-state index is 12.1. The number of carbonyl (C=O) groups excluding carboxylic acids is 2. The first-order chi connectivity index (χ1) is 11.2. The van der Waals surface area contributed by atoms with Crippen molar-refractivity contribution in [3.63, 3.8) is 0 Å². The molecule has 0 aromatic carbocycles. The van der Waals surface area contributed by atoms with Gasteiger partial charge in [0.25, 0.3) is 0 Å². The third kappa shape index (κ3) is 3.48. The van der Waals surface area contributed by atoms with Crippen molar-refractivity contribution in [2.75, 3.05) is 31.1 Å². The van der Waals surface area contributed by atoms with E-state index >= 15 is 0 Å². The van der Waals surface area contributed by atoms with Gasteiger partial charge >= 0.3 is 6.09 Å². The molecule has 1 fully saturated rings. The quantitative estimate of drug-likeness (QED) is 0.728. The lowest BCUT2D eigenvalue weighted by atomic mass is 10.1. The Kier molecular flexibility index (Phi) is 4.42. The maximum Gasteiger partial charge on any atom is 0.410 e. The van der Waals surface area contributed by atoms with Crippen molar-refractivity contribution in [2.24, 2.45) is 0 Å². The summed E-state index contributed by atoms with van der Waals surface area (Å²) in [6, 6.07) is 1.83. The maximum absolute atomic E-state index is 12.1. The molecular formula is C17H22ClN3O3. The predicted octanol–water partition coefficient (Wildman–Crippen LogP) is 2.92. The first-order valence-corrected chi connectivity index (χ1v) is 8.58. The lowest BCUT2D eigenvalue weighted by Crippen LogP contribution is -2.50. The molecule has 0 N–H and O–H groups in total. The van der Waals surface area contributed by atoms with Crippen molar-refractivity contribution in [2.45, 2.75) is 39.2 Å². The van der Waals surface area contributed by atoms with E-state index < -0.39 is 5.60 Å². The normalized spacial score (nSPS) is 17.9.